The number of hydrogen-bond acceptors (Lipinski definition) is 2. The summed E-state index contributed by atoms with van der Waals surface area (Å²) in [7, 11) is 0. The van der Waals surface area contributed by atoms with Gasteiger partial charge in [0.15, 0.2) is 0 Å². The zero-order valence-corrected chi connectivity index (χ0v) is 10.2. The van der Waals surface area contributed by atoms with Crippen molar-refractivity contribution >= 4 is 5.97 Å². The largest absolute Gasteiger partial charge is 0.463 e. The number of carbonyl (C=O) groups excluding carboxylic acids is 1. The lowest BCUT2D eigenvalue weighted by atomic mass is 10.2. The fraction of sp³-hybridized carbons (Fsp3) is 0.583. The molecule has 0 aromatic heterocycles. The van der Waals surface area contributed by atoms with Gasteiger partial charge in [0.2, 0.25) is 0 Å². The number of hydrogen-bond donors (Lipinski definition) is 0. The summed E-state index contributed by atoms with van der Waals surface area (Å²) in [5.74, 6) is -0.241. The molecule has 0 aromatic carbocycles. The van der Waals surface area contributed by atoms with Gasteiger partial charge in [-0.05, 0) is 27.7 Å². The summed E-state index contributed by atoms with van der Waals surface area (Å²) in [6, 6.07) is 0. The Morgan fingerprint density at radius 3 is 2.00 bits per heavy atom. The SMILES string of the molecule is CC.CCOC(=O)/C(C)=C/C=C(C)C. The monoisotopic (exact) mass is 198 g/mol. The summed E-state index contributed by atoms with van der Waals surface area (Å²) in [5, 5.41) is 0. The molecule has 0 aromatic rings. The average Bonchev–Trinajstić information content (AvgIpc) is 2.17. The topological polar surface area (TPSA) is 26.3 Å². The highest BCUT2D eigenvalue weighted by Crippen LogP contribution is 1.99. The van der Waals surface area contributed by atoms with Crippen LogP contribution < -0.4 is 0 Å². The van der Waals surface area contributed by atoms with Crippen molar-refractivity contribution < 1.29 is 9.53 Å². The first-order valence-corrected chi connectivity index (χ1v) is 5.06. The van der Waals surface area contributed by atoms with E-state index in [2.05, 4.69) is 0 Å². The van der Waals surface area contributed by atoms with Crippen LogP contribution in [-0.2, 0) is 9.53 Å². The van der Waals surface area contributed by atoms with Gasteiger partial charge < -0.3 is 4.74 Å². The standard InChI is InChI=1S/C10H16O2.C2H6/c1-5-12-10(11)9(4)7-6-8(2)3;1-2/h6-7H,5H2,1-4H3;1-2H3/b9-7+;. The molecule has 0 amide bonds. The smallest absolute Gasteiger partial charge is 0.333 e. The second kappa shape index (κ2) is 10.0. The van der Waals surface area contributed by atoms with Gasteiger partial charge in [-0.15, -0.1) is 0 Å². The Morgan fingerprint density at radius 1 is 1.14 bits per heavy atom. The molecule has 0 bridgehead atoms. The third-order valence-corrected chi connectivity index (χ3v) is 1.26. The lowest BCUT2D eigenvalue weighted by Crippen LogP contribution is -2.04. The highest BCUT2D eigenvalue weighted by atomic mass is 16.5. The van der Waals surface area contributed by atoms with Crippen molar-refractivity contribution in [1.82, 2.24) is 0 Å². The van der Waals surface area contributed by atoms with E-state index in [1.165, 1.54) is 5.57 Å². The molecule has 14 heavy (non-hydrogen) atoms. The molecule has 0 heterocycles. The van der Waals surface area contributed by atoms with Crippen LogP contribution in [0.1, 0.15) is 41.5 Å². The van der Waals surface area contributed by atoms with E-state index in [1.807, 2.05) is 33.8 Å². The minimum atomic E-state index is -0.241. The quantitative estimate of drug-likeness (QED) is 0.394. The molecule has 0 aliphatic carbocycles. The minimum Gasteiger partial charge on any atom is -0.463 e. The normalized spacial score (nSPS) is 9.71. The molecular formula is C12H22O2. The van der Waals surface area contributed by atoms with Gasteiger partial charge >= 0.3 is 5.97 Å². The van der Waals surface area contributed by atoms with Crippen molar-refractivity contribution in [3.8, 4) is 0 Å². The van der Waals surface area contributed by atoms with Gasteiger partial charge in [0, 0.05) is 5.57 Å². The molecule has 0 atom stereocenters. The van der Waals surface area contributed by atoms with Gasteiger partial charge in [0.1, 0.15) is 0 Å². The van der Waals surface area contributed by atoms with Gasteiger partial charge in [-0.1, -0.05) is 31.6 Å². The molecule has 0 fully saturated rings. The van der Waals surface area contributed by atoms with Crippen molar-refractivity contribution in [2.75, 3.05) is 6.61 Å². The van der Waals surface area contributed by atoms with Crippen LogP contribution in [0.2, 0.25) is 0 Å². The van der Waals surface area contributed by atoms with E-state index in [-0.39, 0.29) is 5.97 Å². The molecule has 0 N–H and O–H groups in total. The first-order valence-electron chi connectivity index (χ1n) is 5.06. The number of carbonyl (C=O) groups is 1. The molecule has 2 nitrogen and oxygen atoms in total. The Labute approximate surface area is 87.7 Å². The molecule has 2 heteroatoms. The first kappa shape index (κ1) is 15.4. The molecule has 0 saturated carbocycles. The first-order chi connectivity index (χ1) is 6.57. The van der Waals surface area contributed by atoms with Gasteiger partial charge in [-0.25, -0.2) is 4.79 Å². The van der Waals surface area contributed by atoms with Gasteiger partial charge in [-0.2, -0.15) is 0 Å². The summed E-state index contributed by atoms with van der Waals surface area (Å²) in [6.45, 7) is 11.9. The lowest BCUT2D eigenvalue weighted by Gasteiger charge is -1.99. The third-order valence-electron chi connectivity index (χ3n) is 1.26. The highest BCUT2D eigenvalue weighted by Gasteiger charge is 2.01. The Hall–Kier alpha value is -1.05. The van der Waals surface area contributed by atoms with Crippen LogP contribution in [0.3, 0.4) is 0 Å². The summed E-state index contributed by atoms with van der Waals surface area (Å²) in [6.07, 6.45) is 3.67. The van der Waals surface area contributed by atoms with Crippen molar-refractivity contribution in [2.45, 2.75) is 41.5 Å². The van der Waals surface area contributed by atoms with Crippen molar-refractivity contribution in [3.63, 3.8) is 0 Å². The predicted octanol–water partition coefficient (Wildman–Crippen LogP) is 3.49. The molecule has 82 valence electrons. The third kappa shape index (κ3) is 9.04. The van der Waals surface area contributed by atoms with Crippen molar-refractivity contribution in [3.05, 3.63) is 23.3 Å². The molecule has 0 aliphatic heterocycles. The minimum absolute atomic E-state index is 0.241. The van der Waals surface area contributed by atoms with E-state index in [1.54, 1.807) is 19.9 Å². The summed E-state index contributed by atoms with van der Waals surface area (Å²) >= 11 is 0. The Kier molecular flexibility index (Phi) is 11.1. The summed E-state index contributed by atoms with van der Waals surface area (Å²) in [4.78, 5) is 11.0. The van der Waals surface area contributed by atoms with Crippen LogP contribution in [-0.4, -0.2) is 12.6 Å². The van der Waals surface area contributed by atoms with Crippen molar-refractivity contribution in [1.29, 1.82) is 0 Å². The molecule has 0 aliphatic rings. The maximum absolute atomic E-state index is 11.0. The van der Waals surface area contributed by atoms with E-state index in [4.69, 9.17) is 4.74 Å². The second-order valence-corrected chi connectivity index (χ2v) is 2.81. The predicted molar refractivity (Wildman–Crippen MR) is 61.2 cm³/mol. The maximum atomic E-state index is 11.0. The second-order valence-electron chi connectivity index (χ2n) is 2.81. The van der Waals surface area contributed by atoms with E-state index >= 15 is 0 Å². The zero-order valence-electron chi connectivity index (χ0n) is 10.2. The van der Waals surface area contributed by atoms with Crippen LogP contribution in [0, 0.1) is 0 Å². The van der Waals surface area contributed by atoms with E-state index < -0.39 is 0 Å². The Bertz CT molecular complexity index is 208. The number of allylic oxidation sites excluding steroid dienone is 3. The average molecular weight is 198 g/mol. The van der Waals surface area contributed by atoms with Crippen LogP contribution in [0.15, 0.2) is 23.3 Å². The van der Waals surface area contributed by atoms with Crippen LogP contribution in [0.4, 0.5) is 0 Å². The molecule has 0 unspecified atom stereocenters. The van der Waals surface area contributed by atoms with Crippen LogP contribution in [0.25, 0.3) is 0 Å². The Balaban J connectivity index is 0. The highest BCUT2D eigenvalue weighted by molar-refractivity contribution is 5.88. The fourth-order valence-electron chi connectivity index (χ4n) is 0.605. The van der Waals surface area contributed by atoms with E-state index in [9.17, 15) is 4.79 Å². The van der Waals surface area contributed by atoms with Crippen LogP contribution >= 0.6 is 0 Å². The van der Waals surface area contributed by atoms with E-state index in [0.29, 0.717) is 12.2 Å². The summed E-state index contributed by atoms with van der Waals surface area (Å²) < 4.78 is 4.80. The molecule has 0 spiro atoms. The number of esters is 1. The number of ether oxygens (including phenoxy) is 1. The summed E-state index contributed by atoms with van der Waals surface area (Å²) in [5.41, 5.74) is 1.80. The molecule has 0 saturated heterocycles. The van der Waals surface area contributed by atoms with Gasteiger partial charge in [-0.3, -0.25) is 0 Å². The number of rotatable bonds is 3. The molecule has 0 rings (SSSR count). The van der Waals surface area contributed by atoms with Crippen LogP contribution in [0.5, 0.6) is 0 Å². The van der Waals surface area contributed by atoms with E-state index in [0.717, 1.165) is 0 Å². The molecular weight excluding hydrogens is 176 g/mol. The fourth-order valence-corrected chi connectivity index (χ4v) is 0.605. The maximum Gasteiger partial charge on any atom is 0.333 e. The lowest BCUT2D eigenvalue weighted by molar-refractivity contribution is -0.138. The molecule has 0 radical (unpaired) electrons. The zero-order chi connectivity index (χ0) is 11.6. The van der Waals surface area contributed by atoms with Gasteiger partial charge in [0.25, 0.3) is 0 Å². The Morgan fingerprint density at radius 2 is 1.64 bits per heavy atom. The van der Waals surface area contributed by atoms with Gasteiger partial charge in [0.05, 0.1) is 6.61 Å². The van der Waals surface area contributed by atoms with Crippen molar-refractivity contribution in [2.24, 2.45) is 0 Å².